The SMILES string of the molecule is CC(=NN=c1sc2ccccc2n1C)c1ccc(F)cc1. The van der Waals surface area contributed by atoms with E-state index in [2.05, 4.69) is 22.3 Å². The molecule has 3 nitrogen and oxygen atoms in total. The summed E-state index contributed by atoms with van der Waals surface area (Å²) in [6.07, 6.45) is 0. The van der Waals surface area contributed by atoms with Gasteiger partial charge in [0.1, 0.15) is 5.82 Å². The standard InChI is InChI=1S/C16H14FN3S/c1-11(12-7-9-13(17)10-8-12)18-19-16-20(2)14-5-3-4-6-15(14)21-16/h3-10H,1-2H3. The molecule has 0 N–H and O–H groups in total. The van der Waals surface area contributed by atoms with E-state index in [1.807, 2.05) is 30.7 Å². The zero-order valence-corrected chi connectivity index (χ0v) is 12.6. The van der Waals surface area contributed by atoms with Gasteiger partial charge in [-0.15, -0.1) is 5.10 Å². The summed E-state index contributed by atoms with van der Waals surface area (Å²) in [7, 11) is 1.97. The molecule has 3 aromatic rings. The predicted molar refractivity (Wildman–Crippen MR) is 85.0 cm³/mol. The molecular weight excluding hydrogens is 285 g/mol. The Balaban J connectivity index is 2.02. The highest BCUT2D eigenvalue weighted by Gasteiger charge is 2.01. The summed E-state index contributed by atoms with van der Waals surface area (Å²) < 4.78 is 16.1. The zero-order chi connectivity index (χ0) is 14.8. The van der Waals surface area contributed by atoms with Crippen molar-refractivity contribution in [2.75, 3.05) is 0 Å². The van der Waals surface area contributed by atoms with Gasteiger partial charge in [-0.1, -0.05) is 35.6 Å². The van der Waals surface area contributed by atoms with Crippen LogP contribution < -0.4 is 4.80 Å². The van der Waals surface area contributed by atoms with Crippen LogP contribution in [-0.4, -0.2) is 10.3 Å². The highest BCUT2D eigenvalue weighted by molar-refractivity contribution is 7.16. The van der Waals surface area contributed by atoms with E-state index >= 15 is 0 Å². The molecule has 0 aliphatic carbocycles. The number of rotatable bonds is 2. The lowest BCUT2D eigenvalue weighted by atomic mass is 10.1. The van der Waals surface area contributed by atoms with Gasteiger partial charge in [0.05, 0.1) is 15.9 Å². The smallest absolute Gasteiger partial charge is 0.211 e. The average molecular weight is 299 g/mol. The largest absolute Gasteiger partial charge is 0.318 e. The quantitative estimate of drug-likeness (QED) is 0.510. The summed E-state index contributed by atoms with van der Waals surface area (Å²) in [5, 5.41) is 8.58. The second-order valence-electron chi connectivity index (χ2n) is 4.70. The van der Waals surface area contributed by atoms with Gasteiger partial charge in [0.15, 0.2) is 0 Å². The minimum Gasteiger partial charge on any atom is -0.318 e. The van der Waals surface area contributed by atoms with Gasteiger partial charge in [-0.2, -0.15) is 5.10 Å². The minimum absolute atomic E-state index is 0.251. The summed E-state index contributed by atoms with van der Waals surface area (Å²) in [5.41, 5.74) is 2.76. The third kappa shape index (κ3) is 2.78. The molecule has 0 saturated heterocycles. The first-order valence-electron chi connectivity index (χ1n) is 6.54. The van der Waals surface area contributed by atoms with Crippen LogP contribution >= 0.6 is 11.3 Å². The molecule has 106 valence electrons. The number of hydrogen-bond donors (Lipinski definition) is 0. The molecule has 0 spiro atoms. The lowest BCUT2D eigenvalue weighted by molar-refractivity contribution is 0.628. The lowest BCUT2D eigenvalue weighted by Gasteiger charge is -1.97. The van der Waals surface area contributed by atoms with Gasteiger partial charge in [0, 0.05) is 7.05 Å². The van der Waals surface area contributed by atoms with E-state index in [0.717, 1.165) is 21.6 Å². The molecule has 0 saturated carbocycles. The molecule has 2 aromatic carbocycles. The monoisotopic (exact) mass is 299 g/mol. The van der Waals surface area contributed by atoms with E-state index in [0.29, 0.717) is 0 Å². The third-order valence-corrected chi connectivity index (χ3v) is 4.37. The topological polar surface area (TPSA) is 29.6 Å². The molecule has 5 heteroatoms. The number of thiazole rings is 1. The van der Waals surface area contributed by atoms with Crippen molar-refractivity contribution < 1.29 is 4.39 Å². The highest BCUT2D eigenvalue weighted by atomic mass is 32.1. The molecule has 0 radical (unpaired) electrons. The maximum Gasteiger partial charge on any atom is 0.211 e. The number of nitrogens with zero attached hydrogens (tertiary/aromatic N) is 3. The zero-order valence-electron chi connectivity index (χ0n) is 11.7. The minimum atomic E-state index is -0.251. The molecule has 0 fully saturated rings. The second-order valence-corrected chi connectivity index (χ2v) is 5.71. The first-order valence-corrected chi connectivity index (χ1v) is 7.35. The molecule has 1 aromatic heterocycles. The van der Waals surface area contributed by atoms with E-state index in [4.69, 9.17) is 0 Å². The summed E-state index contributed by atoms with van der Waals surface area (Å²) in [6.45, 7) is 1.87. The first-order chi connectivity index (χ1) is 10.1. The van der Waals surface area contributed by atoms with Crippen LogP contribution in [0.3, 0.4) is 0 Å². The van der Waals surface area contributed by atoms with Crippen LogP contribution in [0.4, 0.5) is 4.39 Å². The number of para-hydroxylation sites is 1. The molecule has 0 amide bonds. The Morgan fingerprint density at radius 1 is 1.10 bits per heavy atom. The van der Waals surface area contributed by atoms with Crippen LogP contribution in [0, 0.1) is 5.82 Å². The van der Waals surface area contributed by atoms with Gasteiger partial charge in [-0.3, -0.25) is 0 Å². The number of benzene rings is 2. The molecule has 0 bridgehead atoms. The van der Waals surface area contributed by atoms with Gasteiger partial charge in [-0.25, -0.2) is 4.39 Å². The van der Waals surface area contributed by atoms with E-state index in [1.54, 1.807) is 23.5 Å². The second kappa shape index (κ2) is 5.61. The van der Waals surface area contributed by atoms with Crippen molar-refractivity contribution in [3.05, 3.63) is 64.7 Å². The molecule has 1 heterocycles. The Morgan fingerprint density at radius 2 is 1.81 bits per heavy atom. The summed E-state index contributed by atoms with van der Waals surface area (Å²) in [4.78, 5) is 0.831. The fourth-order valence-corrected chi connectivity index (χ4v) is 3.01. The molecule has 0 aliphatic rings. The van der Waals surface area contributed by atoms with Crippen LogP contribution in [0.2, 0.25) is 0 Å². The van der Waals surface area contributed by atoms with Crippen molar-refractivity contribution in [3.63, 3.8) is 0 Å². The van der Waals surface area contributed by atoms with E-state index in [1.165, 1.54) is 16.8 Å². The van der Waals surface area contributed by atoms with Crippen LogP contribution in [0.25, 0.3) is 10.2 Å². The van der Waals surface area contributed by atoms with E-state index in [-0.39, 0.29) is 5.82 Å². The van der Waals surface area contributed by atoms with Crippen LogP contribution in [0.5, 0.6) is 0 Å². The Kier molecular flexibility index (Phi) is 3.66. The summed E-state index contributed by atoms with van der Waals surface area (Å²) in [6, 6.07) is 14.4. The molecule has 3 rings (SSSR count). The van der Waals surface area contributed by atoms with Crippen molar-refractivity contribution in [2.45, 2.75) is 6.92 Å². The molecule has 0 atom stereocenters. The maximum atomic E-state index is 12.9. The predicted octanol–water partition coefficient (Wildman–Crippen LogP) is 3.70. The molecular formula is C16H14FN3S. The van der Waals surface area contributed by atoms with Gasteiger partial charge < -0.3 is 4.57 Å². The van der Waals surface area contributed by atoms with Crippen molar-refractivity contribution in [1.29, 1.82) is 0 Å². The van der Waals surface area contributed by atoms with Gasteiger partial charge in [0.25, 0.3) is 0 Å². The highest BCUT2D eigenvalue weighted by Crippen LogP contribution is 2.15. The van der Waals surface area contributed by atoms with Crippen LogP contribution in [-0.2, 0) is 7.05 Å². The average Bonchev–Trinajstić information content (AvgIpc) is 2.82. The Labute approximate surface area is 125 Å². The van der Waals surface area contributed by atoms with Crippen LogP contribution in [0.15, 0.2) is 58.7 Å². The fraction of sp³-hybridized carbons (Fsp3) is 0.125. The fourth-order valence-electron chi connectivity index (χ4n) is 2.04. The van der Waals surface area contributed by atoms with Crippen molar-refractivity contribution in [2.24, 2.45) is 17.3 Å². The summed E-state index contributed by atoms with van der Waals surface area (Å²) >= 11 is 1.59. The van der Waals surface area contributed by atoms with E-state index in [9.17, 15) is 4.39 Å². The Morgan fingerprint density at radius 3 is 2.52 bits per heavy atom. The number of fused-ring (bicyclic) bond motifs is 1. The first kappa shape index (κ1) is 13.7. The van der Waals surface area contributed by atoms with Gasteiger partial charge >= 0.3 is 0 Å². The Bertz CT molecular complexity index is 872. The Hall–Kier alpha value is -2.27. The van der Waals surface area contributed by atoms with Crippen molar-refractivity contribution >= 4 is 27.3 Å². The normalized spacial score (nSPS) is 13.1. The van der Waals surface area contributed by atoms with Crippen molar-refractivity contribution in [1.82, 2.24) is 4.57 Å². The number of aromatic nitrogens is 1. The van der Waals surface area contributed by atoms with E-state index < -0.39 is 0 Å². The lowest BCUT2D eigenvalue weighted by Crippen LogP contribution is -2.09. The molecule has 0 unspecified atom stereocenters. The van der Waals surface area contributed by atoms with Crippen molar-refractivity contribution in [3.8, 4) is 0 Å². The maximum absolute atomic E-state index is 12.9. The number of aryl methyl sites for hydroxylation is 1. The van der Waals surface area contributed by atoms with Gasteiger partial charge in [-0.05, 0) is 36.8 Å². The van der Waals surface area contributed by atoms with Crippen LogP contribution in [0.1, 0.15) is 12.5 Å². The van der Waals surface area contributed by atoms with Gasteiger partial charge in [0.2, 0.25) is 4.80 Å². The number of halogens is 1. The third-order valence-electron chi connectivity index (χ3n) is 3.26. The number of hydrogen-bond acceptors (Lipinski definition) is 3. The molecule has 21 heavy (non-hydrogen) atoms. The summed E-state index contributed by atoms with van der Waals surface area (Å²) in [5.74, 6) is -0.251. The molecule has 0 aliphatic heterocycles.